The summed E-state index contributed by atoms with van der Waals surface area (Å²) in [6.45, 7) is 3.77. The smallest absolute Gasteiger partial charge is 0.257 e. The van der Waals surface area contributed by atoms with E-state index in [1.54, 1.807) is 16.2 Å². The van der Waals surface area contributed by atoms with Crippen molar-refractivity contribution in [1.82, 2.24) is 4.90 Å². The minimum absolute atomic E-state index is 0.0332. The van der Waals surface area contributed by atoms with Crippen LogP contribution >= 0.6 is 11.3 Å². The first-order valence-electron chi connectivity index (χ1n) is 8.41. The van der Waals surface area contributed by atoms with Crippen molar-refractivity contribution in [3.8, 4) is 5.75 Å². The second-order valence-corrected chi connectivity index (χ2v) is 7.52. The van der Waals surface area contributed by atoms with Crippen LogP contribution in [-0.2, 0) is 6.42 Å². The Morgan fingerprint density at radius 2 is 2.25 bits per heavy atom. The van der Waals surface area contributed by atoms with Crippen molar-refractivity contribution in [2.75, 3.05) is 19.7 Å². The van der Waals surface area contributed by atoms with Gasteiger partial charge in [-0.25, -0.2) is 0 Å². The van der Waals surface area contributed by atoms with Gasteiger partial charge in [-0.1, -0.05) is 12.1 Å². The highest BCUT2D eigenvalue weighted by molar-refractivity contribution is 7.10. The molecule has 3 heterocycles. The van der Waals surface area contributed by atoms with E-state index in [0.29, 0.717) is 25.3 Å². The van der Waals surface area contributed by atoms with Crippen molar-refractivity contribution < 1.29 is 14.6 Å². The Bertz CT molecular complexity index is 770. The predicted octanol–water partition coefficient (Wildman–Crippen LogP) is 2.98. The van der Waals surface area contributed by atoms with Crippen LogP contribution in [-0.4, -0.2) is 41.7 Å². The fourth-order valence-electron chi connectivity index (χ4n) is 3.74. The average Bonchev–Trinajstić information content (AvgIpc) is 3.22. The summed E-state index contributed by atoms with van der Waals surface area (Å²) in [6, 6.07) is 7.85. The van der Waals surface area contributed by atoms with Crippen molar-refractivity contribution >= 4 is 17.2 Å². The molecule has 1 amide bonds. The molecule has 2 atom stereocenters. The van der Waals surface area contributed by atoms with E-state index in [1.165, 1.54) is 10.4 Å². The average molecular weight is 343 g/mol. The zero-order valence-electron chi connectivity index (χ0n) is 13.7. The molecule has 0 bridgehead atoms. The van der Waals surface area contributed by atoms with E-state index in [9.17, 15) is 9.90 Å². The lowest BCUT2D eigenvalue weighted by Gasteiger charge is -2.36. The normalized spacial score (nSPS) is 23.0. The number of nitrogens with zero attached hydrogens (tertiary/aromatic N) is 1. The molecule has 0 spiro atoms. The summed E-state index contributed by atoms with van der Waals surface area (Å²) >= 11 is 1.70. The molecule has 1 N–H and O–H groups in total. The molecule has 2 aliphatic rings. The predicted molar refractivity (Wildman–Crippen MR) is 94.0 cm³/mol. The molecule has 1 saturated heterocycles. The maximum atomic E-state index is 12.9. The van der Waals surface area contributed by atoms with Crippen molar-refractivity contribution in [2.24, 2.45) is 0 Å². The van der Waals surface area contributed by atoms with Crippen LogP contribution in [0.4, 0.5) is 0 Å². The summed E-state index contributed by atoms with van der Waals surface area (Å²) in [6.07, 6.45) is 1.14. The molecule has 4 rings (SSSR count). The van der Waals surface area contributed by atoms with Gasteiger partial charge in [0.05, 0.1) is 18.3 Å². The lowest BCUT2D eigenvalue weighted by atomic mass is 9.90. The van der Waals surface area contributed by atoms with Crippen LogP contribution in [0.25, 0.3) is 0 Å². The first kappa shape index (κ1) is 15.7. The van der Waals surface area contributed by atoms with Gasteiger partial charge in [0.15, 0.2) is 0 Å². The molecular formula is C19H21NO3S. The largest absolute Gasteiger partial charge is 0.492 e. The van der Waals surface area contributed by atoms with Gasteiger partial charge in [0.1, 0.15) is 5.75 Å². The maximum absolute atomic E-state index is 12.9. The molecule has 1 fully saturated rings. The molecule has 4 nitrogen and oxygen atoms in total. The van der Waals surface area contributed by atoms with Crippen LogP contribution < -0.4 is 4.74 Å². The summed E-state index contributed by atoms with van der Waals surface area (Å²) in [5.74, 6) is 0.828. The second-order valence-electron chi connectivity index (χ2n) is 6.57. The second kappa shape index (κ2) is 6.22. The number of ether oxygens (including phenoxy) is 1. The number of hydrogen-bond donors (Lipinski definition) is 1. The molecule has 0 aliphatic carbocycles. The SMILES string of the molecule is Cc1ccsc1[C@@H]1CCN(C(=O)c2cccc3c2OCC3)C[C@H]1O. The Hall–Kier alpha value is -1.85. The van der Waals surface area contributed by atoms with Crippen LogP contribution in [0.15, 0.2) is 29.6 Å². The van der Waals surface area contributed by atoms with E-state index in [2.05, 4.69) is 18.4 Å². The molecule has 24 heavy (non-hydrogen) atoms. The number of carbonyl (C=O) groups excluding carboxylic acids is 1. The minimum atomic E-state index is -0.516. The van der Waals surface area contributed by atoms with Gasteiger partial charge in [-0.2, -0.15) is 0 Å². The number of aliphatic hydroxyl groups is 1. The molecular weight excluding hydrogens is 322 g/mol. The highest BCUT2D eigenvalue weighted by Crippen LogP contribution is 2.36. The molecule has 0 unspecified atom stereocenters. The topological polar surface area (TPSA) is 49.8 Å². The number of β-amino-alcohol motifs (C(OH)–C–C–N with tert-alkyl or cyclic N) is 1. The number of carbonyl (C=O) groups is 1. The number of amides is 1. The molecule has 0 radical (unpaired) electrons. The van der Waals surface area contributed by atoms with Gasteiger partial charge in [0.25, 0.3) is 5.91 Å². The third-order valence-corrected chi connectivity index (χ3v) is 6.20. The van der Waals surface area contributed by atoms with E-state index in [0.717, 1.165) is 24.2 Å². The van der Waals surface area contributed by atoms with E-state index in [-0.39, 0.29) is 11.8 Å². The van der Waals surface area contributed by atoms with Gasteiger partial charge < -0.3 is 14.7 Å². The summed E-state index contributed by atoms with van der Waals surface area (Å²) in [5.41, 5.74) is 2.96. The highest BCUT2D eigenvalue weighted by atomic mass is 32.1. The first-order chi connectivity index (χ1) is 11.6. The molecule has 1 aromatic carbocycles. The summed E-state index contributed by atoms with van der Waals surface area (Å²) < 4.78 is 5.66. The van der Waals surface area contributed by atoms with Crippen molar-refractivity contribution in [3.05, 3.63) is 51.2 Å². The van der Waals surface area contributed by atoms with Gasteiger partial charge >= 0.3 is 0 Å². The zero-order valence-corrected chi connectivity index (χ0v) is 14.5. The number of aliphatic hydroxyl groups excluding tert-OH is 1. The Balaban J connectivity index is 1.52. The number of fused-ring (bicyclic) bond motifs is 1. The van der Waals surface area contributed by atoms with Crippen LogP contribution in [0.1, 0.15) is 38.7 Å². The van der Waals surface area contributed by atoms with Gasteiger partial charge in [0, 0.05) is 30.3 Å². The van der Waals surface area contributed by atoms with E-state index >= 15 is 0 Å². The summed E-state index contributed by atoms with van der Waals surface area (Å²) in [4.78, 5) is 15.9. The first-order valence-corrected chi connectivity index (χ1v) is 9.29. The lowest BCUT2D eigenvalue weighted by Crippen LogP contribution is -2.45. The van der Waals surface area contributed by atoms with Crippen molar-refractivity contribution in [1.29, 1.82) is 0 Å². The number of rotatable bonds is 2. The molecule has 0 saturated carbocycles. The monoisotopic (exact) mass is 343 g/mol. The van der Waals surface area contributed by atoms with Gasteiger partial charge in [-0.05, 0) is 42.0 Å². The van der Waals surface area contributed by atoms with E-state index in [4.69, 9.17) is 4.74 Å². The van der Waals surface area contributed by atoms with E-state index < -0.39 is 6.10 Å². The Morgan fingerprint density at radius 3 is 3.00 bits per heavy atom. The molecule has 126 valence electrons. The van der Waals surface area contributed by atoms with Crippen LogP contribution in [0.3, 0.4) is 0 Å². The molecule has 2 aliphatic heterocycles. The molecule has 2 aromatic rings. The Labute approximate surface area is 145 Å². The van der Waals surface area contributed by atoms with Crippen LogP contribution in [0.2, 0.25) is 0 Å². The molecule has 5 heteroatoms. The molecule has 1 aromatic heterocycles. The Morgan fingerprint density at radius 1 is 1.38 bits per heavy atom. The highest BCUT2D eigenvalue weighted by Gasteiger charge is 2.34. The zero-order chi connectivity index (χ0) is 16.7. The fourth-order valence-corrected chi connectivity index (χ4v) is 4.86. The third kappa shape index (κ3) is 2.62. The van der Waals surface area contributed by atoms with Crippen LogP contribution in [0.5, 0.6) is 5.75 Å². The standard InChI is InChI=1S/C19H21NO3S/c1-12-7-10-24-18(12)14-5-8-20(11-16(14)21)19(22)15-4-2-3-13-6-9-23-17(13)15/h2-4,7,10,14,16,21H,5-6,8-9,11H2,1H3/t14-,16-/m1/s1. The van der Waals surface area contributed by atoms with Gasteiger partial charge in [-0.3, -0.25) is 4.79 Å². The van der Waals surface area contributed by atoms with Crippen LogP contribution in [0, 0.1) is 6.92 Å². The van der Waals surface area contributed by atoms with E-state index in [1.807, 2.05) is 18.2 Å². The number of likely N-dealkylation sites (tertiary alicyclic amines) is 1. The third-order valence-electron chi connectivity index (χ3n) is 5.05. The fraction of sp³-hybridized carbons (Fsp3) is 0.421. The number of benzene rings is 1. The number of piperidine rings is 1. The number of thiophene rings is 1. The van der Waals surface area contributed by atoms with Gasteiger partial charge in [-0.15, -0.1) is 11.3 Å². The number of para-hydroxylation sites is 1. The maximum Gasteiger partial charge on any atom is 0.257 e. The van der Waals surface area contributed by atoms with Crippen molar-refractivity contribution in [3.63, 3.8) is 0 Å². The Kier molecular flexibility index (Phi) is 4.06. The lowest BCUT2D eigenvalue weighted by molar-refractivity contribution is 0.0384. The summed E-state index contributed by atoms with van der Waals surface area (Å²) in [5, 5.41) is 12.7. The van der Waals surface area contributed by atoms with Gasteiger partial charge in [0.2, 0.25) is 0 Å². The quantitative estimate of drug-likeness (QED) is 0.912. The minimum Gasteiger partial charge on any atom is -0.492 e. The number of hydrogen-bond acceptors (Lipinski definition) is 4. The number of aryl methyl sites for hydroxylation is 1. The van der Waals surface area contributed by atoms with Crippen molar-refractivity contribution in [2.45, 2.75) is 31.8 Å². The summed E-state index contributed by atoms with van der Waals surface area (Å²) in [7, 11) is 0.